The maximum absolute atomic E-state index is 12.3. The first kappa shape index (κ1) is 11.2. The summed E-state index contributed by atoms with van der Waals surface area (Å²) < 4.78 is 41.8. The van der Waals surface area contributed by atoms with Gasteiger partial charge >= 0.3 is 6.18 Å². The molecule has 0 saturated carbocycles. The van der Waals surface area contributed by atoms with Gasteiger partial charge in [-0.15, -0.1) is 0 Å². The Balaban J connectivity index is 3.30. The Morgan fingerprint density at radius 2 is 1.93 bits per heavy atom. The number of anilines is 1. The fourth-order valence-electron chi connectivity index (χ4n) is 0.925. The van der Waals surface area contributed by atoms with Gasteiger partial charge in [0.2, 0.25) is 0 Å². The fraction of sp³-hybridized carbons (Fsp3) is 0.250. The number of nitrogens with two attached hydrogens (primary N) is 1. The van der Waals surface area contributed by atoms with Gasteiger partial charge in [-0.3, -0.25) is 0 Å². The fourth-order valence-corrected chi connectivity index (χ4v) is 1.37. The van der Waals surface area contributed by atoms with E-state index >= 15 is 0 Å². The molecule has 6 heteroatoms. The number of hydrogen-bond donors (Lipinski definition) is 1. The lowest BCUT2D eigenvalue weighted by Gasteiger charge is -2.11. The summed E-state index contributed by atoms with van der Waals surface area (Å²) in [7, 11) is 1.26. The zero-order chi connectivity index (χ0) is 10.9. The second-order valence-corrected chi connectivity index (χ2v) is 3.43. The van der Waals surface area contributed by atoms with Crippen LogP contribution < -0.4 is 10.5 Å². The Morgan fingerprint density at radius 3 is 2.36 bits per heavy atom. The van der Waals surface area contributed by atoms with Crippen LogP contribution in [-0.2, 0) is 6.18 Å². The summed E-state index contributed by atoms with van der Waals surface area (Å²) in [6.07, 6.45) is -4.40. The summed E-state index contributed by atoms with van der Waals surface area (Å²) in [5, 5.41) is 0. The van der Waals surface area contributed by atoms with Crippen LogP contribution in [0.1, 0.15) is 5.56 Å². The highest BCUT2D eigenvalue weighted by Crippen LogP contribution is 2.38. The molecule has 2 N–H and O–H groups in total. The molecule has 0 unspecified atom stereocenters. The highest BCUT2D eigenvalue weighted by atomic mass is 79.9. The van der Waals surface area contributed by atoms with Crippen molar-refractivity contribution in [1.29, 1.82) is 0 Å². The van der Waals surface area contributed by atoms with Crippen molar-refractivity contribution in [3.8, 4) is 5.75 Å². The smallest absolute Gasteiger partial charge is 0.416 e. The number of ether oxygens (including phenoxy) is 1. The van der Waals surface area contributed by atoms with E-state index in [0.29, 0.717) is 0 Å². The average molecular weight is 270 g/mol. The summed E-state index contributed by atoms with van der Waals surface area (Å²) in [6, 6.07) is 1.78. The standard InChI is InChI=1S/C8H7BrF3NO/c1-14-6-3-4(8(10,11)12)2-5(9)7(6)13/h2-3H,13H2,1H3. The average Bonchev–Trinajstić information content (AvgIpc) is 2.07. The summed E-state index contributed by atoms with van der Waals surface area (Å²) in [6.45, 7) is 0. The summed E-state index contributed by atoms with van der Waals surface area (Å²) >= 11 is 2.93. The van der Waals surface area contributed by atoms with E-state index in [9.17, 15) is 13.2 Å². The van der Waals surface area contributed by atoms with E-state index in [1.807, 2.05) is 0 Å². The number of nitrogen functional groups attached to an aromatic ring is 1. The topological polar surface area (TPSA) is 35.2 Å². The van der Waals surface area contributed by atoms with Crippen LogP contribution in [0.2, 0.25) is 0 Å². The molecule has 0 saturated heterocycles. The van der Waals surface area contributed by atoms with Crippen LogP contribution in [0.3, 0.4) is 0 Å². The Hall–Kier alpha value is -0.910. The largest absolute Gasteiger partial charge is 0.495 e. The van der Waals surface area contributed by atoms with Crippen LogP contribution in [0, 0.1) is 0 Å². The van der Waals surface area contributed by atoms with Gasteiger partial charge in [0, 0.05) is 4.47 Å². The van der Waals surface area contributed by atoms with E-state index in [4.69, 9.17) is 10.5 Å². The van der Waals surface area contributed by atoms with Crippen molar-refractivity contribution in [2.24, 2.45) is 0 Å². The van der Waals surface area contributed by atoms with E-state index in [1.54, 1.807) is 0 Å². The van der Waals surface area contributed by atoms with Crippen LogP contribution in [0.4, 0.5) is 18.9 Å². The molecule has 0 atom stereocenters. The third-order valence-corrected chi connectivity index (χ3v) is 2.29. The Labute approximate surface area is 87.0 Å². The van der Waals surface area contributed by atoms with Crippen molar-refractivity contribution in [3.05, 3.63) is 22.2 Å². The molecule has 14 heavy (non-hydrogen) atoms. The minimum absolute atomic E-state index is 0.00620. The van der Waals surface area contributed by atoms with Gasteiger partial charge in [0.05, 0.1) is 18.4 Å². The number of alkyl halides is 3. The van der Waals surface area contributed by atoms with E-state index in [-0.39, 0.29) is 15.9 Å². The van der Waals surface area contributed by atoms with Crippen molar-refractivity contribution in [3.63, 3.8) is 0 Å². The molecule has 0 spiro atoms. The minimum atomic E-state index is -4.40. The SMILES string of the molecule is COc1cc(C(F)(F)F)cc(Br)c1N. The summed E-state index contributed by atoms with van der Waals surface area (Å²) in [5.41, 5.74) is 4.82. The molecule has 78 valence electrons. The highest BCUT2D eigenvalue weighted by molar-refractivity contribution is 9.10. The molecular weight excluding hydrogens is 263 g/mol. The maximum atomic E-state index is 12.3. The molecule has 0 amide bonds. The molecule has 0 heterocycles. The van der Waals surface area contributed by atoms with E-state index in [0.717, 1.165) is 12.1 Å². The first-order chi connectivity index (χ1) is 6.36. The second-order valence-electron chi connectivity index (χ2n) is 2.57. The molecule has 1 aromatic rings. The monoisotopic (exact) mass is 269 g/mol. The molecule has 0 fully saturated rings. The van der Waals surface area contributed by atoms with Crippen molar-refractivity contribution in [2.45, 2.75) is 6.18 Å². The molecule has 0 aromatic heterocycles. The molecule has 0 aliphatic carbocycles. The lowest BCUT2D eigenvalue weighted by atomic mass is 10.2. The lowest BCUT2D eigenvalue weighted by Crippen LogP contribution is -2.06. The Bertz CT molecular complexity index is 351. The predicted octanol–water partition coefficient (Wildman–Crippen LogP) is 3.06. The first-order valence-electron chi connectivity index (χ1n) is 3.56. The minimum Gasteiger partial charge on any atom is -0.495 e. The lowest BCUT2D eigenvalue weighted by molar-refractivity contribution is -0.137. The number of methoxy groups -OCH3 is 1. The van der Waals surface area contributed by atoms with Gasteiger partial charge in [-0.1, -0.05) is 0 Å². The summed E-state index contributed by atoms with van der Waals surface area (Å²) in [4.78, 5) is 0. The van der Waals surface area contributed by atoms with Gasteiger partial charge in [-0.2, -0.15) is 13.2 Å². The van der Waals surface area contributed by atoms with Gasteiger partial charge in [0.15, 0.2) is 0 Å². The Morgan fingerprint density at radius 1 is 1.36 bits per heavy atom. The molecular formula is C8H7BrF3NO. The molecule has 2 nitrogen and oxygen atoms in total. The molecule has 1 rings (SSSR count). The van der Waals surface area contributed by atoms with Crippen LogP contribution >= 0.6 is 15.9 Å². The quantitative estimate of drug-likeness (QED) is 0.796. The van der Waals surface area contributed by atoms with Crippen molar-refractivity contribution < 1.29 is 17.9 Å². The van der Waals surface area contributed by atoms with Gasteiger partial charge in [0.1, 0.15) is 5.75 Å². The normalized spacial score (nSPS) is 11.5. The predicted molar refractivity (Wildman–Crippen MR) is 50.1 cm³/mol. The van der Waals surface area contributed by atoms with Gasteiger partial charge in [-0.05, 0) is 28.1 Å². The van der Waals surface area contributed by atoms with Crippen LogP contribution in [0.5, 0.6) is 5.75 Å². The van der Waals surface area contributed by atoms with Gasteiger partial charge in [0.25, 0.3) is 0 Å². The van der Waals surface area contributed by atoms with E-state index in [1.165, 1.54) is 7.11 Å². The third kappa shape index (κ3) is 2.12. The second kappa shape index (κ2) is 3.68. The van der Waals surface area contributed by atoms with Crippen molar-refractivity contribution in [2.75, 3.05) is 12.8 Å². The van der Waals surface area contributed by atoms with Gasteiger partial charge < -0.3 is 10.5 Å². The van der Waals surface area contributed by atoms with Crippen LogP contribution in [0.15, 0.2) is 16.6 Å². The number of hydrogen-bond acceptors (Lipinski definition) is 2. The van der Waals surface area contributed by atoms with E-state index in [2.05, 4.69) is 15.9 Å². The number of halogens is 4. The molecule has 0 aliphatic rings. The number of benzene rings is 1. The van der Waals surface area contributed by atoms with Crippen LogP contribution in [-0.4, -0.2) is 7.11 Å². The number of rotatable bonds is 1. The highest BCUT2D eigenvalue weighted by Gasteiger charge is 2.32. The first-order valence-corrected chi connectivity index (χ1v) is 4.35. The molecule has 1 aromatic carbocycles. The maximum Gasteiger partial charge on any atom is 0.416 e. The van der Waals surface area contributed by atoms with E-state index < -0.39 is 11.7 Å². The molecule has 0 aliphatic heterocycles. The summed E-state index contributed by atoms with van der Waals surface area (Å²) in [5.74, 6) is 0.00620. The van der Waals surface area contributed by atoms with Crippen LogP contribution in [0.25, 0.3) is 0 Å². The molecule has 0 bridgehead atoms. The zero-order valence-electron chi connectivity index (χ0n) is 7.15. The third-order valence-electron chi connectivity index (χ3n) is 1.64. The Kier molecular flexibility index (Phi) is 2.94. The van der Waals surface area contributed by atoms with Gasteiger partial charge in [-0.25, -0.2) is 0 Å². The molecule has 0 radical (unpaired) electrons. The van der Waals surface area contributed by atoms with Crippen molar-refractivity contribution >= 4 is 21.6 Å². The van der Waals surface area contributed by atoms with Crippen molar-refractivity contribution in [1.82, 2.24) is 0 Å². The zero-order valence-corrected chi connectivity index (χ0v) is 8.74.